The van der Waals surface area contributed by atoms with Crippen LogP contribution in [0.1, 0.15) is 17.9 Å². The minimum Gasteiger partial charge on any atom is -0.490 e. The molecule has 0 aromatic heterocycles. The van der Waals surface area contributed by atoms with Crippen molar-refractivity contribution < 1.29 is 14.2 Å². The molecule has 2 atom stereocenters. The highest BCUT2D eigenvalue weighted by atomic mass is 19.1. The third-order valence-electron chi connectivity index (χ3n) is 2.80. The van der Waals surface area contributed by atoms with Crippen molar-refractivity contribution in [3.05, 3.63) is 29.6 Å². The number of benzene rings is 1. The fourth-order valence-corrected chi connectivity index (χ4v) is 1.99. The average molecular weight is 211 g/mol. The molecule has 82 valence electrons. The monoisotopic (exact) mass is 211 g/mol. The molecule has 2 rings (SSSR count). The zero-order chi connectivity index (χ0) is 10.8. The van der Waals surface area contributed by atoms with Crippen LogP contribution in [-0.2, 0) is 0 Å². The maximum Gasteiger partial charge on any atom is 0.165 e. The van der Waals surface area contributed by atoms with Gasteiger partial charge in [0, 0.05) is 17.5 Å². The van der Waals surface area contributed by atoms with E-state index in [2.05, 4.69) is 0 Å². The Balaban J connectivity index is 2.38. The number of fused-ring (bicyclic) bond motifs is 1. The van der Waals surface area contributed by atoms with E-state index in [0.29, 0.717) is 6.61 Å². The average Bonchev–Trinajstić information content (AvgIpc) is 2.28. The standard InChI is InChI=1S/C11H14FNO2/c12-9-3-1-2-8-7(10(13)6-14)4-5-15-11(8)9/h1-3,7,10,14H,4-6,13H2. The SMILES string of the molecule is NC(CO)C1CCOc2c(F)cccc21. The van der Waals surface area contributed by atoms with E-state index in [0.717, 1.165) is 12.0 Å². The predicted molar refractivity (Wildman–Crippen MR) is 54.3 cm³/mol. The van der Waals surface area contributed by atoms with Gasteiger partial charge >= 0.3 is 0 Å². The molecule has 1 aliphatic rings. The van der Waals surface area contributed by atoms with Gasteiger partial charge in [-0.25, -0.2) is 4.39 Å². The molecule has 0 radical (unpaired) electrons. The van der Waals surface area contributed by atoms with Crippen molar-refractivity contribution in [1.29, 1.82) is 0 Å². The highest BCUT2D eigenvalue weighted by Crippen LogP contribution is 2.36. The summed E-state index contributed by atoms with van der Waals surface area (Å²) in [5.41, 5.74) is 6.55. The fraction of sp³-hybridized carbons (Fsp3) is 0.455. The number of halogens is 1. The summed E-state index contributed by atoms with van der Waals surface area (Å²) in [7, 11) is 0. The fourth-order valence-electron chi connectivity index (χ4n) is 1.99. The molecule has 1 heterocycles. The molecule has 0 bridgehead atoms. The van der Waals surface area contributed by atoms with Crippen molar-refractivity contribution in [2.24, 2.45) is 5.73 Å². The Kier molecular flexibility index (Phi) is 2.88. The lowest BCUT2D eigenvalue weighted by atomic mass is 9.87. The van der Waals surface area contributed by atoms with Crippen molar-refractivity contribution in [3.8, 4) is 5.75 Å². The van der Waals surface area contributed by atoms with Gasteiger partial charge in [-0.2, -0.15) is 0 Å². The van der Waals surface area contributed by atoms with Crippen molar-refractivity contribution in [2.45, 2.75) is 18.4 Å². The first kappa shape index (κ1) is 10.4. The number of hydrogen-bond donors (Lipinski definition) is 2. The van der Waals surface area contributed by atoms with Gasteiger partial charge in [0.25, 0.3) is 0 Å². The normalized spacial score (nSPS) is 21.7. The molecule has 0 aliphatic carbocycles. The predicted octanol–water partition coefficient (Wildman–Crippen LogP) is 1.01. The Morgan fingerprint density at radius 1 is 1.60 bits per heavy atom. The van der Waals surface area contributed by atoms with Gasteiger partial charge in [0.05, 0.1) is 13.2 Å². The smallest absolute Gasteiger partial charge is 0.165 e. The molecule has 15 heavy (non-hydrogen) atoms. The second-order valence-electron chi connectivity index (χ2n) is 3.75. The molecule has 0 saturated carbocycles. The van der Waals surface area contributed by atoms with Crippen LogP contribution in [0, 0.1) is 5.82 Å². The topological polar surface area (TPSA) is 55.5 Å². The summed E-state index contributed by atoms with van der Waals surface area (Å²) in [4.78, 5) is 0. The van der Waals surface area contributed by atoms with Crippen molar-refractivity contribution in [1.82, 2.24) is 0 Å². The highest BCUT2D eigenvalue weighted by molar-refractivity contribution is 5.40. The van der Waals surface area contributed by atoms with Crippen LogP contribution in [-0.4, -0.2) is 24.4 Å². The first-order valence-electron chi connectivity index (χ1n) is 5.01. The minimum atomic E-state index is -0.359. The summed E-state index contributed by atoms with van der Waals surface area (Å²) in [6.45, 7) is 0.354. The summed E-state index contributed by atoms with van der Waals surface area (Å²) in [6, 6.07) is 4.46. The summed E-state index contributed by atoms with van der Waals surface area (Å²) in [6.07, 6.45) is 0.720. The van der Waals surface area contributed by atoms with Crippen molar-refractivity contribution in [2.75, 3.05) is 13.2 Å². The maximum absolute atomic E-state index is 13.4. The Labute approximate surface area is 87.7 Å². The maximum atomic E-state index is 13.4. The number of nitrogens with two attached hydrogens (primary N) is 1. The van der Waals surface area contributed by atoms with E-state index in [4.69, 9.17) is 15.6 Å². The molecular formula is C11H14FNO2. The van der Waals surface area contributed by atoms with Gasteiger partial charge in [0.15, 0.2) is 11.6 Å². The van der Waals surface area contributed by atoms with Crippen LogP contribution in [0.5, 0.6) is 5.75 Å². The molecule has 3 N–H and O–H groups in total. The van der Waals surface area contributed by atoms with Gasteiger partial charge in [-0.1, -0.05) is 12.1 Å². The van der Waals surface area contributed by atoms with Gasteiger partial charge in [0.2, 0.25) is 0 Å². The van der Waals surface area contributed by atoms with E-state index >= 15 is 0 Å². The zero-order valence-corrected chi connectivity index (χ0v) is 8.32. The molecule has 1 aliphatic heterocycles. The molecule has 0 fully saturated rings. The van der Waals surface area contributed by atoms with Gasteiger partial charge in [-0.05, 0) is 12.5 Å². The second-order valence-corrected chi connectivity index (χ2v) is 3.75. The van der Waals surface area contributed by atoms with Crippen LogP contribution in [0.4, 0.5) is 4.39 Å². The van der Waals surface area contributed by atoms with Crippen LogP contribution >= 0.6 is 0 Å². The molecule has 1 aromatic rings. The van der Waals surface area contributed by atoms with Crippen LogP contribution in [0.25, 0.3) is 0 Å². The number of aliphatic hydroxyl groups excluding tert-OH is 1. The van der Waals surface area contributed by atoms with E-state index < -0.39 is 0 Å². The molecule has 4 heteroatoms. The van der Waals surface area contributed by atoms with Crippen LogP contribution in [0.15, 0.2) is 18.2 Å². The third-order valence-corrected chi connectivity index (χ3v) is 2.80. The summed E-state index contributed by atoms with van der Waals surface area (Å²) >= 11 is 0. The Morgan fingerprint density at radius 2 is 2.40 bits per heavy atom. The number of hydrogen-bond acceptors (Lipinski definition) is 3. The number of aliphatic hydroxyl groups is 1. The summed E-state index contributed by atoms with van der Waals surface area (Å²) in [5, 5.41) is 9.02. The Morgan fingerprint density at radius 3 is 3.13 bits per heavy atom. The Bertz CT molecular complexity index is 356. The number of rotatable bonds is 2. The molecule has 0 amide bonds. The lowest BCUT2D eigenvalue weighted by molar-refractivity contribution is 0.204. The van der Waals surface area contributed by atoms with Crippen LogP contribution in [0.3, 0.4) is 0 Å². The largest absolute Gasteiger partial charge is 0.490 e. The Hall–Kier alpha value is -1.13. The highest BCUT2D eigenvalue weighted by Gasteiger charge is 2.27. The van der Waals surface area contributed by atoms with Gasteiger partial charge in [0.1, 0.15) is 0 Å². The van der Waals surface area contributed by atoms with E-state index in [1.807, 2.05) is 0 Å². The van der Waals surface area contributed by atoms with Crippen LogP contribution in [0.2, 0.25) is 0 Å². The first-order valence-corrected chi connectivity index (χ1v) is 5.01. The van der Waals surface area contributed by atoms with Crippen LogP contribution < -0.4 is 10.5 Å². The lowest BCUT2D eigenvalue weighted by Crippen LogP contribution is -2.35. The summed E-state index contributed by atoms with van der Waals surface area (Å²) in [5.74, 6) is -0.0885. The number of para-hydroxylation sites is 1. The molecular weight excluding hydrogens is 197 g/mol. The van der Waals surface area contributed by atoms with Gasteiger partial charge in [-0.3, -0.25) is 0 Å². The first-order chi connectivity index (χ1) is 7.24. The number of ether oxygens (including phenoxy) is 1. The second kappa shape index (κ2) is 4.16. The van der Waals surface area contributed by atoms with Crippen molar-refractivity contribution in [3.63, 3.8) is 0 Å². The zero-order valence-electron chi connectivity index (χ0n) is 8.32. The third kappa shape index (κ3) is 1.82. The molecule has 2 unspecified atom stereocenters. The molecule has 3 nitrogen and oxygen atoms in total. The van der Waals surface area contributed by atoms with Crippen molar-refractivity contribution >= 4 is 0 Å². The summed E-state index contributed by atoms with van der Waals surface area (Å²) < 4.78 is 18.7. The lowest BCUT2D eigenvalue weighted by Gasteiger charge is -2.29. The minimum absolute atomic E-state index is 0.0190. The molecule has 0 spiro atoms. The van der Waals surface area contributed by atoms with Gasteiger partial charge in [-0.15, -0.1) is 0 Å². The van der Waals surface area contributed by atoms with Gasteiger partial charge < -0.3 is 15.6 Å². The van der Waals surface area contributed by atoms with E-state index in [9.17, 15) is 4.39 Å². The van der Waals surface area contributed by atoms with E-state index in [1.54, 1.807) is 12.1 Å². The quantitative estimate of drug-likeness (QED) is 0.767. The molecule has 1 aromatic carbocycles. The van der Waals surface area contributed by atoms with E-state index in [-0.39, 0.29) is 30.1 Å². The van der Waals surface area contributed by atoms with E-state index in [1.165, 1.54) is 6.07 Å². The molecule has 0 saturated heterocycles.